The van der Waals surface area contributed by atoms with Crippen LogP contribution in [0.5, 0.6) is 0 Å². The zero-order chi connectivity index (χ0) is 7.56. The Balaban J connectivity index is 3.00. The van der Waals surface area contributed by atoms with Crippen LogP contribution >= 0.6 is 11.6 Å². The van der Waals surface area contributed by atoms with E-state index in [4.69, 9.17) is 11.6 Å². The van der Waals surface area contributed by atoms with Crippen molar-refractivity contribution in [2.45, 2.75) is 0 Å². The molecule has 10 heavy (non-hydrogen) atoms. The van der Waals surface area contributed by atoms with Crippen molar-refractivity contribution in [2.75, 3.05) is 0 Å². The molecule has 0 bridgehead atoms. The van der Waals surface area contributed by atoms with Crippen LogP contribution in [0.3, 0.4) is 0 Å². The maximum absolute atomic E-state index is 5.70. The molecular formula is C8H7ClSn. The molecule has 0 amide bonds. The fourth-order valence-electron chi connectivity index (χ4n) is 0.664. The molecule has 0 aromatic heterocycles. The molecule has 50 valence electrons. The van der Waals surface area contributed by atoms with Gasteiger partial charge in [-0.05, 0) is 0 Å². The van der Waals surface area contributed by atoms with Crippen LogP contribution < -0.4 is 0 Å². The van der Waals surface area contributed by atoms with E-state index in [2.05, 4.69) is 6.58 Å². The van der Waals surface area contributed by atoms with Gasteiger partial charge in [0.15, 0.2) is 0 Å². The predicted octanol–water partition coefficient (Wildman–Crippen LogP) is 2.21. The Labute approximate surface area is 79.0 Å². The molecule has 1 aromatic rings. The summed E-state index contributed by atoms with van der Waals surface area (Å²) >= 11 is 6.78. The van der Waals surface area contributed by atoms with Gasteiger partial charge in [-0.1, -0.05) is 0 Å². The van der Waals surface area contributed by atoms with Gasteiger partial charge in [0.1, 0.15) is 0 Å². The fraction of sp³-hybridized carbons (Fsp3) is 0. The van der Waals surface area contributed by atoms with E-state index < -0.39 is 0 Å². The number of rotatable bonds is 1. The Bertz CT molecular complexity index is 238. The summed E-state index contributed by atoms with van der Waals surface area (Å²) in [5, 5.41) is 0.783. The van der Waals surface area contributed by atoms with E-state index in [1.54, 1.807) is 0 Å². The first kappa shape index (κ1) is 8.15. The number of hydrogen-bond donors (Lipinski definition) is 0. The fourth-order valence-corrected chi connectivity index (χ4v) is 1.34. The maximum atomic E-state index is 5.70. The van der Waals surface area contributed by atoms with Crippen LogP contribution in [0.4, 0.5) is 0 Å². The third-order valence-electron chi connectivity index (χ3n) is 1.22. The molecule has 0 N–H and O–H groups in total. The first-order valence-corrected chi connectivity index (χ1v) is 4.93. The molecule has 0 nitrogen and oxygen atoms in total. The molecule has 0 saturated carbocycles. The van der Waals surface area contributed by atoms with Gasteiger partial charge >= 0.3 is 79.1 Å². The molecule has 0 heterocycles. The Kier molecular flexibility index (Phi) is 2.81. The van der Waals surface area contributed by atoms with Crippen molar-refractivity contribution in [3.8, 4) is 0 Å². The molecule has 0 unspecified atom stereocenters. The van der Waals surface area contributed by atoms with Crippen LogP contribution in [-0.4, -0.2) is 22.5 Å². The van der Waals surface area contributed by atoms with E-state index in [1.807, 2.05) is 24.3 Å². The van der Waals surface area contributed by atoms with Gasteiger partial charge in [0.2, 0.25) is 0 Å². The van der Waals surface area contributed by atoms with Gasteiger partial charge < -0.3 is 0 Å². The van der Waals surface area contributed by atoms with Gasteiger partial charge in [-0.15, -0.1) is 0 Å². The van der Waals surface area contributed by atoms with E-state index in [-0.39, 0.29) is 0 Å². The van der Waals surface area contributed by atoms with Crippen LogP contribution in [0, 0.1) is 0 Å². The molecule has 0 spiro atoms. The van der Waals surface area contributed by atoms with E-state index in [0.29, 0.717) is 0 Å². The molecule has 0 fully saturated rings. The Hall–Kier alpha value is 0.0487. The van der Waals surface area contributed by atoms with Crippen LogP contribution in [0.15, 0.2) is 30.8 Å². The average Bonchev–Trinajstić information content (AvgIpc) is 1.88. The summed E-state index contributed by atoms with van der Waals surface area (Å²) in [6.07, 6.45) is 0. The summed E-state index contributed by atoms with van der Waals surface area (Å²) < 4.78 is 1.20. The van der Waals surface area contributed by atoms with E-state index in [9.17, 15) is 0 Å². The standard InChI is InChI=1S/C8H6Cl.Sn.H/c1-2-7-3-5-8(9)6-4-7;;/h3-6H,1H2;;. The molecular weight excluding hydrogens is 250 g/mol. The second-order valence-electron chi connectivity index (χ2n) is 2.03. The Morgan fingerprint density at radius 3 is 2.20 bits per heavy atom. The summed E-state index contributed by atoms with van der Waals surface area (Å²) in [7, 11) is 0. The SMILES string of the molecule is C=[C]([SnH])c1ccc(Cl)cc1. The topological polar surface area (TPSA) is 0 Å². The Morgan fingerprint density at radius 2 is 1.80 bits per heavy atom. The van der Waals surface area contributed by atoms with Gasteiger partial charge in [-0.2, -0.15) is 0 Å². The molecule has 0 aliphatic heterocycles. The van der Waals surface area contributed by atoms with Crippen LogP contribution in [0.1, 0.15) is 5.56 Å². The predicted molar refractivity (Wildman–Crippen MR) is 47.6 cm³/mol. The van der Waals surface area contributed by atoms with Crippen molar-refractivity contribution in [1.82, 2.24) is 0 Å². The molecule has 1 rings (SSSR count). The second kappa shape index (κ2) is 3.44. The molecule has 2 heteroatoms. The molecule has 0 saturated heterocycles. The van der Waals surface area contributed by atoms with E-state index >= 15 is 0 Å². The summed E-state index contributed by atoms with van der Waals surface area (Å²) in [6, 6.07) is 7.77. The van der Waals surface area contributed by atoms with Gasteiger partial charge in [-0.3, -0.25) is 0 Å². The van der Waals surface area contributed by atoms with Gasteiger partial charge in [0, 0.05) is 0 Å². The molecule has 0 aliphatic carbocycles. The minimum absolute atomic E-state index is 0.783. The number of halogens is 1. The van der Waals surface area contributed by atoms with Crippen molar-refractivity contribution in [1.29, 1.82) is 0 Å². The summed E-state index contributed by atoms with van der Waals surface area (Å²) in [5.41, 5.74) is 1.20. The van der Waals surface area contributed by atoms with Crippen LogP contribution in [0.25, 0.3) is 3.59 Å². The van der Waals surface area contributed by atoms with Crippen molar-refractivity contribution >= 4 is 37.7 Å². The van der Waals surface area contributed by atoms with Gasteiger partial charge in [0.25, 0.3) is 0 Å². The summed E-state index contributed by atoms with van der Waals surface area (Å²) in [4.78, 5) is 0. The van der Waals surface area contributed by atoms with Crippen molar-refractivity contribution in [3.63, 3.8) is 0 Å². The van der Waals surface area contributed by atoms with Crippen molar-refractivity contribution in [3.05, 3.63) is 41.4 Å². The molecule has 1 aromatic carbocycles. The first-order valence-electron chi connectivity index (χ1n) is 2.90. The third kappa shape index (κ3) is 2.03. The number of hydrogen-bond acceptors (Lipinski definition) is 0. The molecule has 2 radical (unpaired) electrons. The zero-order valence-corrected chi connectivity index (χ0v) is 9.52. The van der Waals surface area contributed by atoms with Crippen LogP contribution in [0.2, 0.25) is 5.02 Å². The first-order chi connectivity index (χ1) is 4.70. The normalized spacial score (nSPS) is 9.40. The van der Waals surface area contributed by atoms with E-state index in [1.165, 1.54) is 9.15 Å². The number of benzene rings is 1. The third-order valence-corrected chi connectivity index (χ3v) is 2.42. The monoisotopic (exact) mass is 258 g/mol. The quantitative estimate of drug-likeness (QED) is 0.677. The van der Waals surface area contributed by atoms with Crippen LogP contribution in [-0.2, 0) is 0 Å². The average molecular weight is 257 g/mol. The van der Waals surface area contributed by atoms with E-state index in [0.717, 1.165) is 27.5 Å². The van der Waals surface area contributed by atoms with Gasteiger partial charge in [0.05, 0.1) is 0 Å². The summed E-state index contributed by atoms with van der Waals surface area (Å²) in [5.74, 6) is 0. The molecule has 0 atom stereocenters. The van der Waals surface area contributed by atoms with Gasteiger partial charge in [-0.25, -0.2) is 0 Å². The zero-order valence-electron chi connectivity index (χ0n) is 5.47. The summed E-state index contributed by atoms with van der Waals surface area (Å²) in [6.45, 7) is 3.87. The molecule has 0 aliphatic rings. The second-order valence-corrected chi connectivity index (χ2v) is 4.46. The van der Waals surface area contributed by atoms with Crippen molar-refractivity contribution < 1.29 is 0 Å². The minimum atomic E-state index is 0.783. The van der Waals surface area contributed by atoms with Crippen molar-refractivity contribution in [2.24, 2.45) is 0 Å². The Morgan fingerprint density at radius 1 is 1.30 bits per heavy atom.